The van der Waals surface area contributed by atoms with Crippen LogP contribution in [0.1, 0.15) is 35.4 Å². The molecule has 2 heterocycles. The Labute approximate surface area is 161 Å². The molecule has 27 heavy (non-hydrogen) atoms. The van der Waals surface area contributed by atoms with Crippen LogP contribution in [0.5, 0.6) is 5.75 Å². The van der Waals surface area contributed by atoms with Gasteiger partial charge in [-0.25, -0.2) is 9.40 Å². The first-order valence-electron chi connectivity index (χ1n) is 8.82. The van der Waals surface area contributed by atoms with Crippen molar-refractivity contribution in [1.29, 1.82) is 0 Å². The summed E-state index contributed by atoms with van der Waals surface area (Å²) < 4.78 is 20.0. The molecule has 0 saturated carbocycles. The van der Waals surface area contributed by atoms with Crippen molar-refractivity contribution in [2.75, 3.05) is 0 Å². The van der Waals surface area contributed by atoms with Crippen molar-refractivity contribution in [2.45, 2.75) is 18.7 Å². The largest absolute Gasteiger partial charge is 0.464 e. The fraction of sp³-hybridized carbons (Fsp3) is 0.136. The molecule has 0 radical (unpaired) electrons. The summed E-state index contributed by atoms with van der Waals surface area (Å²) in [5.74, 6) is 0.473. The van der Waals surface area contributed by atoms with Crippen LogP contribution in [0.3, 0.4) is 0 Å². The molecule has 2 aliphatic rings. The zero-order valence-corrected chi connectivity index (χ0v) is 15.1. The van der Waals surface area contributed by atoms with Crippen LogP contribution in [0.25, 0.3) is 0 Å². The zero-order valence-electron chi connectivity index (χ0n) is 14.3. The standard InChI is InChI=1S/C22H16ClFN2O/c23-16-9-10-21-18(12-16)20-13-19(14-5-2-1-3-6-14)25-26(20)22(27-21)15-7-4-8-17(24)11-15/h1-12,20,22H,13H2. The Balaban J connectivity index is 1.62. The van der Waals surface area contributed by atoms with E-state index in [2.05, 4.69) is 0 Å². The van der Waals surface area contributed by atoms with Gasteiger partial charge in [0.05, 0.1) is 11.8 Å². The molecule has 0 spiro atoms. The number of hydrogen-bond donors (Lipinski definition) is 0. The molecule has 5 heteroatoms. The summed E-state index contributed by atoms with van der Waals surface area (Å²) >= 11 is 6.23. The maximum absolute atomic E-state index is 13.8. The molecule has 0 aliphatic carbocycles. The summed E-state index contributed by atoms with van der Waals surface area (Å²) in [7, 11) is 0. The summed E-state index contributed by atoms with van der Waals surface area (Å²) in [5.41, 5.74) is 3.80. The van der Waals surface area contributed by atoms with E-state index in [-0.39, 0.29) is 11.9 Å². The van der Waals surface area contributed by atoms with Crippen molar-refractivity contribution in [2.24, 2.45) is 5.10 Å². The van der Waals surface area contributed by atoms with Crippen molar-refractivity contribution in [3.63, 3.8) is 0 Å². The molecular formula is C22H16ClFN2O. The second-order valence-electron chi connectivity index (χ2n) is 6.72. The van der Waals surface area contributed by atoms with Crippen LogP contribution in [0, 0.1) is 5.82 Å². The van der Waals surface area contributed by atoms with Crippen LogP contribution in [-0.4, -0.2) is 10.7 Å². The van der Waals surface area contributed by atoms with E-state index in [0.29, 0.717) is 5.02 Å². The van der Waals surface area contributed by atoms with E-state index in [0.717, 1.165) is 34.6 Å². The molecule has 134 valence electrons. The number of benzene rings is 3. The van der Waals surface area contributed by atoms with E-state index < -0.39 is 6.23 Å². The first-order valence-corrected chi connectivity index (χ1v) is 9.19. The van der Waals surface area contributed by atoms with Crippen molar-refractivity contribution >= 4 is 17.3 Å². The predicted molar refractivity (Wildman–Crippen MR) is 103 cm³/mol. The molecule has 3 nitrogen and oxygen atoms in total. The maximum atomic E-state index is 13.8. The van der Waals surface area contributed by atoms with E-state index in [1.165, 1.54) is 12.1 Å². The molecule has 0 amide bonds. The maximum Gasteiger partial charge on any atom is 0.213 e. The first kappa shape index (κ1) is 16.3. The average Bonchev–Trinajstić information content (AvgIpc) is 3.14. The highest BCUT2D eigenvalue weighted by atomic mass is 35.5. The quantitative estimate of drug-likeness (QED) is 0.569. The lowest BCUT2D eigenvalue weighted by atomic mass is 9.96. The van der Waals surface area contributed by atoms with Gasteiger partial charge in [0.15, 0.2) is 0 Å². The smallest absolute Gasteiger partial charge is 0.213 e. The average molecular weight is 379 g/mol. The summed E-state index contributed by atoms with van der Waals surface area (Å²) in [6, 6.07) is 22.2. The Morgan fingerprint density at radius 2 is 1.85 bits per heavy atom. The number of hydrazone groups is 1. The lowest BCUT2D eigenvalue weighted by Gasteiger charge is -2.38. The third kappa shape index (κ3) is 2.86. The Morgan fingerprint density at radius 1 is 1.00 bits per heavy atom. The monoisotopic (exact) mass is 378 g/mol. The van der Waals surface area contributed by atoms with Crippen LogP contribution in [-0.2, 0) is 0 Å². The highest BCUT2D eigenvalue weighted by molar-refractivity contribution is 6.30. The number of halogens is 2. The minimum atomic E-state index is -0.486. The lowest BCUT2D eigenvalue weighted by molar-refractivity contribution is -0.0192. The van der Waals surface area contributed by atoms with Crippen LogP contribution in [0.4, 0.5) is 4.39 Å². The van der Waals surface area contributed by atoms with E-state index in [9.17, 15) is 4.39 Å². The molecule has 0 saturated heterocycles. The summed E-state index contributed by atoms with van der Waals surface area (Å²) in [6.07, 6.45) is 0.257. The van der Waals surface area contributed by atoms with Crippen molar-refractivity contribution in [3.05, 3.63) is 100 Å². The number of hydrogen-bond acceptors (Lipinski definition) is 3. The topological polar surface area (TPSA) is 24.8 Å². The number of rotatable bonds is 2. The molecule has 3 aromatic rings. The second-order valence-corrected chi connectivity index (χ2v) is 7.16. The summed E-state index contributed by atoms with van der Waals surface area (Å²) in [4.78, 5) is 0. The van der Waals surface area contributed by atoms with Crippen LogP contribution in [0.15, 0.2) is 77.9 Å². The molecule has 5 rings (SSSR count). The Bertz CT molecular complexity index is 1040. The normalized spacial score (nSPS) is 20.5. The fourth-order valence-electron chi connectivity index (χ4n) is 3.74. The van der Waals surface area contributed by atoms with E-state index in [4.69, 9.17) is 21.4 Å². The van der Waals surface area contributed by atoms with Gasteiger partial charge < -0.3 is 4.74 Å². The Hall–Kier alpha value is -2.85. The Kier molecular flexibility index (Phi) is 3.87. The van der Waals surface area contributed by atoms with Crippen LogP contribution >= 0.6 is 11.6 Å². The van der Waals surface area contributed by atoms with Crippen molar-refractivity contribution < 1.29 is 9.13 Å². The van der Waals surface area contributed by atoms with Gasteiger partial charge in [-0.1, -0.05) is 54.1 Å². The molecule has 2 unspecified atom stereocenters. The SMILES string of the molecule is Fc1cccc(C2Oc3ccc(Cl)cc3C3CC(c4ccccc4)=NN32)c1. The second kappa shape index (κ2) is 6.39. The third-order valence-corrected chi connectivity index (χ3v) is 5.23. The van der Waals surface area contributed by atoms with E-state index >= 15 is 0 Å². The first-order chi connectivity index (χ1) is 13.2. The fourth-order valence-corrected chi connectivity index (χ4v) is 3.92. The van der Waals surface area contributed by atoms with Gasteiger partial charge in [-0.3, -0.25) is 0 Å². The van der Waals surface area contributed by atoms with E-state index in [1.807, 2.05) is 59.6 Å². The lowest BCUT2D eigenvalue weighted by Crippen LogP contribution is -2.33. The summed E-state index contributed by atoms with van der Waals surface area (Å²) in [6.45, 7) is 0. The van der Waals surface area contributed by atoms with E-state index in [1.54, 1.807) is 6.07 Å². The predicted octanol–water partition coefficient (Wildman–Crippen LogP) is 5.72. The van der Waals surface area contributed by atoms with Gasteiger partial charge >= 0.3 is 0 Å². The van der Waals surface area contributed by atoms with Gasteiger partial charge in [0, 0.05) is 22.6 Å². The minimum Gasteiger partial charge on any atom is -0.464 e. The highest BCUT2D eigenvalue weighted by Gasteiger charge is 2.41. The molecule has 3 aromatic carbocycles. The molecular weight excluding hydrogens is 363 g/mol. The molecule has 2 atom stereocenters. The number of nitrogens with zero attached hydrogens (tertiary/aromatic N) is 2. The van der Waals surface area contributed by atoms with Crippen LogP contribution in [0.2, 0.25) is 5.02 Å². The van der Waals surface area contributed by atoms with Gasteiger partial charge in [-0.2, -0.15) is 5.10 Å². The molecule has 0 bridgehead atoms. The third-order valence-electron chi connectivity index (χ3n) is 4.99. The van der Waals surface area contributed by atoms with Gasteiger partial charge in [-0.15, -0.1) is 0 Å². The number of fused-ring (bicyclic) bond motifs is 3. The Morgan fingerprint density at radius 3 is 2.67 bits per heavy atom. The minimum absolute atomic E-state index is 0.00377. The van der Waals surface area contributed by atoms with Crippen molar-refractivity contribution in [1.82, 2.24) is 5.01 Å². The highest BCUT2D eigenvalue weighted by Crippen LogP contribution is 2.48. The van der Waals surface area contributed by atoms with Gasteiger partial charge in [0.1, 0.15) is 11.6 Å². The number of ether oxygens (including phenoxy) is 1. The van der Waals surface area contributed by atoms with Crippen LogP contribution < -0.4 is 4.74 Å². The molecule has 0 aromatic heterocycles. The molecule has 0 N–H and O–H groups in total. The van der Waals surface area contributed by atoms with Gasteiger partial charge in [0.25, 0.3) is 0 Å². The molecule has 2 aliphatic heterocycles. The summed E-state index contributed by atoms with van der Waals surface area (Å²) in [5, 5.41) is 7.44. The molecule has 0 fully saturated rings. The van der Waals surface area contributed by atoms with Crippen molar-refractivity contribution in [3.8, 4) is 5.75 Å². The van der Waals surface area contributed by atoms with Gasteiger partial charge in [-0.05, 0) is 35.9 Å². The zero-order chi connectivity index (χ0) is 18.4. The van der Waals surface area contributed by atoms with Gasteiger partial charge in [0.2, 0.25) is 6.23 Å².